The van der Waals surface area contributed by atoms with Gasteiger partial charge in [-0.25, -0.2) is 4.39 Å². The summed E-state index contributed by atoms with van der Waals surface area (Å²) in [7, 11) is 1.87. The zero-order chi connectivity index (χ0) is 21.5. The third kappa shape index (κ3) is 3.54. The Morgan fingerprint density at radius 2 is 1.84 bits per heavy atom. The maximum Gasteiger partial charge on any atom is 0.268 e. The predicted molar refractivity (Wildman–Crippen MR) is 114 cm³/mol. The molecule has 0 saturated heterocycles. The van der Waals surface area contributed by atoms with Gasteiger partial charge >= 0.3 is 0 Å². The van der Waals surface area contributed by atoms with E-state index in [2.05, 4.69) is 31.2 Å². The number of rotatable bonds is 3. The molecule has 0 fully saturated rings. The summed E-state index contributed by atoms with van der Waals surface area (Å²) in [6.07, 6.45) is 0.675. The second kappa shape index (κ2) is 7.73. The van der Waals surface area contributed by atoms with E-state index in [4.69, 9.17) is 4.42 Å². The normalized spacial score (nSPS) is 13.3. The van der Waals surface area contributed by atoms with Crippen molar-refractivity contribution in [1.82, 2.24) is 24.9 Å². The zero-order valence-electron chi connectivity index (χ0n) is 16.5. The number of hydrogen-bond acceptors (Lipinski definition) is 5. The Hall–Kier alpha value is -3.33. The molecule has 4 aromatic rings. The Kier molecular flexibility index (Phi) is 4.90. The summed E-state index contributed by atoms with van der Waals surface area (Å²) in [5, 5.41) is 12.8. The minimum Gasteiger partial charge on any atom is -0.415 e. The van der Waals surface area contributed by atoms with Crippen molar-refractivity contribution in [2.45, 2.75) is 13.0 Å². The molecule has 0 spiro atoms. The number of aromatic nitrogens is 4. The van der Waals surface area contributed by atoms with E-state index in [1.165, 1.54) is 12.1 Å². The molecule has 156 valence electrons. The molecule has 31 heavy (non-hydrogen) atoms. The van der Waals surface area contributed by atoms with Crippen LogP contribution in [0.3, 0.4) is 0 Å². The van der Waals surface area contributed by atoms with Gasteiger partial charge in [-0.15, -0.1) is 10.2 Å². The zero-order valence-corrected chi connectivity index (χ0v) is 18.1. The highest BCUT2D eigenvalue weighted by molar-refractivity contribution is 9.10. The maximum atomic E-state index is 13.2. The molecule has 7 nitrogen and oxygen atoms in total. The quantitative estimate of drug-likeness (QED) is 0.437. The van der Waals surface area contributed by atoms with Gasteiger partial charge in [0.1, 0.15) is 5.82 Å². The lowest BCUT2D eigenvalue weighted by atomic mass is 10.0. The Morgan fingerprint density at radius 1 is 1.10 bits per heavy atom. The van der Waals surface area contributed by atoms with Crippen molar-refractivity contribution in [3.63, 3.8) is 0 Å². The lowest BCUT2D eigenvalue weighted by molar-refractivity contribution is 0.0732. The van der Waals surface area contributed by atoms with Gasteiger partial charge in [-0.1, -0.05) is 12.1 Å². The molecular weight excluding hydrogens is 465 g/mol. The molecule has 2 aromatic heterocycles. The summed E-state index contributed by atoms with van der Waals surface area (Å²) < 4.78 is 21.6. The number of halogens is 2. The maximum absolute atomic E-state index is 13.2. The van der Waals surface area contributed by atoms with E-state index in [-0.39, 0.29) is 23.5 Å². The van der Waals surface area contributed by atoms with Crippen molar-refractivity contribution < 1.29 is 13.6 Å². The van der Waals surface area contributed by atoms with Gasteiger partial charge in [-0.2, -0.15) is 5.10 Å². The van der Waals surface area contributed by atoms with Crippen LogP contribution in [0, 0.1) is 5.82 Å². The molecule has 0 unspecified atom stereocenters. The van der Waals surface area contributed by atoms with Crippen LogP contribution in [0.1, 0.15) is 21.6 Å². The average Bonchev–Trinajstić information content (AvgIpc) is 3.39. The molecule has 0 N–H and O–H groups in total. The molecule has 1 amide bonds. The topological polar surface area (TPSA) is 77.1 Å². The number of nitrogens with zero attached hydrogens (tertiary/aromatic N) is 5. The van der Waals surface area contributed by atoms with Crippen molar-refractivity contribution in [2.75, 3.05) is 6.54 Å². The van der Waals surface area contributed by atoms with Crippen LogP contribution in [-0.2, 0) is 20.0 Å². The number of carbonyl (C=O) groups is 1. The van der Waals surface area contributed by atoms with Gasteiger partial charge in [-0.05, 0) is 52.3 Å². The van der Waals surface area contributed by atoms with E-state index in [0.717, 1.165) is 15.7 Å². The Balaban J connectivity index is 1.47. The minimum atomic E-state index is -0.336. The highest BCUT2D eigenvalue weighted by atomic mass is 79.9. The highest BCUT2D eigenvalue weighted by Gasteiger charge is 2.30. The van der Waals surface area contributed by atoms with Crippen LogP contribution in [0.15, 0.2) is 57.4 Å². The minimum absolute atomic E-state index is 0.0505. The van der Waals surface area contributed by atoms with E-state index in [1.54, 1.807) is 27.8 Å². The first-order valence-corrected chi connectivity index (χ1v) is 10.5. The van der Waals surface area contributed by atoms with Crippen molar-refractivity contribution in [3.05, 3.63) is 75.6 Å². The van der Waals surface area contributed by atoms with Gasteiger partial charge in [0, 0.05) is 41.3 Å². The number of benzene rings is 2. The molecule has 5 rings (SSSR count). The first-order chi connectivity index (χ1) is 15.0. The first-order valence-electron chi connectivity index (χ1n) is 9.69. The molecule has 1 aliphatic heterocycles. The summed E-state index contributed by atoms with van der Waals surface area (Å²) in [5.74, 6) is 0.167. The van der Waals surface area contributed by atoms with Gasteiger partial charge in [-0.3, -0.25) is 9.48 Å². The number of hydrogen-bond donors (Lipinski definition) is 0. The molecule has 0 radical (unpaired) electrons. The van der Waals surface area contributed by atoms with Gasteiger partial charge < -0.3 is 9.32 Å². The van der Waals surface area contributed by atoms with Gasteiger partial charge in [0.25, 0.3) is 11.8 Å². The lowest BCUT2D eigenvalue weighted by Gasteiger charge is -2.28. The predicted octanol–water partition coefficient (Wildman–Crippen LogP) is 4.24. The van der Waals surface area contributed by atoms with Crippen LogP contribution < -0.4 is 0 Å². The number of aryl methyl sites for hydroxylation is 1. The summed E-state index contributed by atoms with van der Waals surface area (Å²) >= 11 is 3.46. The molecule has 0 aliphatic carbocycles. The molecule has 9 heteroatoms. The van der Waals surface area contributed by atoms with E-state index in [1.807, 2.05) is 25.2 Å². The highest BCUT2D eigenvalue weighted by Crippen LogP contribution is 2.32. The molecule has 3 heterocycles. The summed E-state index contributed by atoms with van der Waals surface area (Å²) in [6.45, 7) is 0.990. The summed E-state index contributed by atoms with van der Waals surface area (Å²) in [5.41, 5.74) is 3.72. The number of fused-ring (bicyclic) bond motifs is 1. The molecule has 1 aliphatic rings. The second-order valence-electron chi connectivity index (χ2n) is 7.27. The van der Waals surface area contributed by atoms with E-state index in [9.17, 15) is 9.18 Å². The van der Waals surface area contributed by atoms with Crippen LogP contribution >= 0.6 is 15.9 Å². The smallest absolute Gasteiger partial charge is 0.268 e. The van der Waals surface area contributed by atoms with E-state index >= 15 is 0 Å². The van der Waals surface area contributed by atoms with Crippen molar-refractivity contribution in [2.24, 2.45) is 7.05 Å². The third-order valence-corrected chi connectivity index (χ3v) is 6.04. The van der Waals surface area contributed by atoms with E-state index in [0.29, 0.717) is 36.3 Å². The van der Waals surface area contributed by atoms with Gasteiger partial charge in [0.05, 0.1) is 12.1 Å². The monoisotopic (exact) mass is 481 g/mol. The summed E-state index contributed by atoms with van der Waals surface area (Å²) in [6, 6.07) is 13.2. The Labute approximate surface area is 185 Å². The number of carbonyl (C=O) groups excluding carboxylic acids is 1. The molecule has 0 saturated carbocycles. The van der Waals surface area contributed by atoms with Crippen LogP contribution in [0.5, 0.6) is 0 Å². The average molecular weight is 482 g/mol. The fraction of sp³-hybridized carbons (Fsp3) is 0.182. The molecular formula is C22H17BrFN5O2. The van der Waals surface area contributed by atoms with Crippen LogP contribution in [0.25, 0.3) is 23.0 Å². The molecule has 0 bridgehead atoms. The summed E-state index contributed by atoms with van der Waals surface area (Å²) in [4.78, 5) is 14.9. The molecule has 0 atom stereocenters. The largest absolute Gasteiger partial charge is 0.415 e. The van der Waals surface area contributed by atoms with Crippen LogP contribution in [0.4, 0.5) is 4.39 Å². The lowest BCUT2D eigenvalue weighted by Crippen LogP contribution is -2.36. The van der Waals surface area contributed by atoms with E-state index < -0.39 is 0 Å². The number of amides is 1. The fourth-order valence-electron chi connectivity index (χ4n) is 3.77. The van der Waals surface area contributed by atoms with Gasteiger partial charge in [0.15, 0.2) is 5.69 Å². The fourth-order valence-corrected chi connectivity index (χ4v) is 4.22. The SMILES string of the molecule is Cn1nc(-c2nnc(-c3ccc(F)cc3)o2)c2c1CCN(C(=O)c1ccccc1Br)C2. The van der Waals surface area contributed by atoms with Crippen molar-refractivity contribution >= 4 is 21.8 Å². The first kappa shape index (κ1) is 19.6. The standard InChI is InChI=1S/C22H17BrFN5O2/c1-28-18-10-11-29(22(30)15-4-2-3-5-17(15)23)12-16(18)19(27-28)21-26-25-20(31-21)13-6-8-14(24)9-7-13/h2-9H,10-12H2,1H3. The van der Waals surface area contributed by atoms with Crippen molar-refractivity contribution in [1.29, 1.82) is 0 Å². The second-order valence-corrected chi connectivity index (χ2v) is 8.13. The Morgan fingerprint density at radius 3 is 2.61 bits per heavy atom. The Bertz CT molecular complexity index is 1280. The van der Waals surface area contributed by atoms with Crippen molar-refractivity contribution in [3.8, 4) is 23.0 Å². The van der Waals surface area contributed by atoms with Gasteiger partial charge in [0.2, 0.25) is 5.89 Å². The third-order valence-electron chi connectivity index (χ3n) is 5.35. The van der Waals surface area contributed by atoms with Crippen LogP contribution in [-0.4, -0.2) is 37.3 Å². The molecule has 2 aromatic carbocycles. The van der Waals surface area contributed by atoms with Crippen LogP contribution in [0.2, 0.25) is 0 Å².